The molecule has 0 aliphatic heterocycles. The minimum Gasteiger partial charge on any atom is -0.244 e. The number of alkyl halides is 1. The van der Waals surface area contributed by atoms with Crippen molar-refractivity contribution >= 4 is 17.1 Å². The molecule has 28 valence electrons. The molecule has 0 aliphatic carbocycles. The normalized spacial score (nSPS) is 14.8. The van der Waals surface area contributed by atoms with Gasteiger partial charge >= 0.3 is 0 Å². The SMILES string of the molecule is [B]CC(F)P. The molecule has 0 heterocycles. The van der Waals surface area contributed by atoms with E-state index in [1.54, 1.807) is 0 Å². The number of rotatable bonds is 1. The monoisotopic (exact) mass is 90.0 g/mol. The first-order valence-corrected chi connectivity index (χ1v) is 2.03. The van der Waals surface area contributed by atoms with Crippen molar-refractivity contribution < 1.29 is 4.39 Å². The lowest BCUT2D eigenvalue weighted by Gasteiger charge is -1.86. The van der Waals surface area contributed by atoms with Crippen molar-refractivity contribution in [1.29, 1.82) is 0 Å². The molecule has 2 radical (unpaired) electrons. The van der Waals surface area contributed by atoms with Crippen LogP contribution in [0.1, 0.15) is 0 Å². The van der Waals surface area contributed by atoms with Crippen molar-refractivity contribution in [3.63, 3.8) is 0 Å². The summed E-state index contributed by atoms with van der Waals surface area (Å²) in [7, 11) is 6.72. The van der Waals surface area contributed by atoms with Crippen LogP contribution < -0.4 is 0 Å². The summed E-state index contributed by atoms with van der Waals surface area (Å²) in [6.45, 7) is 0. The van der Waals surface area contributed by atoms with E-state index < -0.39 is 5.91 Å². The molecule has 3 heteroatoms. The van der Waals surface area contributed by atoms with Crippen LogP contribution in [0.25, 0.3) is 0 Å². The molecule has 0 saturated carbocycles. The summed E-state index contributed by atoms with van der Waals surface area (Å²) < 4.78 is 11.3. The van der Waals surface area contributed by atoms with E-state index in [2.05, 4.69) is 0 Å². The standard InChI is InChI=1S/C2H5BFP/c3-1-2(4)5/h2H,1,5H2. The Morgan fingerprint density at radius 3 is 2.20 bits per heavy atom. The van der Waals surface area contributed by atoms with Crippen LogP contribution in [0.15, 0.2) is 0 Å². The van der Waals surface area contributed by atoms with Gasteiger partial charge in [-0.1, -0.05) is 6.32 Å². The third kappa shape index (κ3) is 4.42. The first-order valence-electron chi connectivity index (χ1n) is 1.37. The van der Waals surface area contributed by atoms with Gasteiger partial charge in [0.05, 0.1) is 7.85 Å². The highest BCUT2D eigenvalue weighted by Crippen LogP contribution is 2.02. The van der Waals surface area contributed by atoms with Crippen LogP contribution >= 0.6 is 9.24 Å². The topological polar surface area (TPSA) is 0 Å². The van der Waals surface area contributed by atoms with Crippen molar-refractivity contribution in [3.05, 3.63) is 0 Å². The summed E-state index contributed by atoms with van der Waals surface area (Å²) >= 11 is 0. The zero-order valence-electron chi connectivity index (χ0n) is 2.82. The molecule has 0 N–H and O–H groups in total. The predicted molar refractivity (Wildman–Crippen MR) is 25.2 cm³/mol. The van der Waals surface area contributed by atoms with Crippen molar-refractivity contribution in [2.45, 2.75) is 12.2 Å². The molecular weight excluding hydrogens is 84.8 g/mol. The van der Waals surface area contributed by atoms with Crippen molar-refractivity contribution in [3.8, 4) is 0 Å². The van der Waals surface area contributed by atoms with Crippen molar-refractivity contribution in [1.82, 2.24) is 0 Å². The second kappa shape index (κ2) is 2.65. The largest absolute Gasteiger partial charge is 0.244 e. The van der Waals surface area contributed by atoms with Gasteiger partial charge in [0.25, 0.3) is 0 Å². The smallest absolute Gasteiger partial charge is 0.106 e. The Kier molecular flexibility index (Phi) is 2.88. The summed E-state index contributed by atoms with van der Waals surface area (Å²) in [4.78, 5) is 0. The lowest BCUT2D eigenvalue weighted by molar-refractivity contribution is 0.483. The van der Waals surface area contributed by atoms with E-state index in [-0.39, 0.29) is 6.32 Å². The highest BCUT2D eigenvalue weighted by Gasteiger charge is 1.85. The van der Waals surface area contributed by atoms with Gasteiger partial charge in [-0.15, -0.1) is 9.24 Å². The first kappa shape index (κ1) is 5.42. The Hall–Kier alpha value is 0.425. The Morgan fingerprint density at radius 2 is 2.20 bits per heavy atom. The quantitative estimate of drug-likeness (QED) is 0.329. The molecule has 0 amide bonds. The van der Waals surface area contributed by atoms with Crippen LogP contribution in [-0.4, -0.2) is 13.8 Å². The zero-order chi connectivity index (χ0) is 4.28. The van der Waals surface area contributed by atoms with E-state index >= 15 is 0 Å². The van der Waals surface area contributed by atoms with Gasteiger partial charge in [0.15, 0.2) is 0 Å². The molecule has 0 aliphatic rings. The molecule has 2 unspecified atom stereocenters. The molecule has 0 aromatic heterocycles. The van der Waals surface area contributed by atoms with Crippen LogP contribution in [0, 0.1) is 0 Å². The summed E-state index contributed by atoms with van der Waals surface area (Å²) in [5.41, 5.74) is 0. The van der Waals surface area contributed by atoms with E-state index in [0.717, 1.165) is 0 Å². The molecule has 0 bridgehead atoms. The van der Waals surface area contributed by atoms with Gasteiger partial charge in [0, 0.05) is 0 Å². The summed E-state index contributed by atoms with van der Waals surface area (Å²) in [6.07, 6.45) is 0.102. The lowest BCUT2D eigenvalue weighted by atomic mass is 10.1. The maximum atomic E-state index is 11.3. The van der Waals surface area contributed by atoms with Crippen molar-refractivity contribution in [2.24, 2.45) is 0 Å². The van der Waals surface area contributed by atoms with Gasteiger partial charge in [0.1, 0.15) is 5.91 Å². The Morgan fingerprint density at radius 1 is 2.00 bits per heavy atom. The molecule has 5 heavy (non-hydrogen) atoms. The van der Waals surface area contributed by atoms with Crippen LogP contribution in [0.2, 0.25) is 6.32 Å². The molecular formula is C2H5BFP. The average Bonchev–Trinajstić information content (AvgIpc) is 1.38. The molecule has 0 spiro atoms. The van der Waals surface area contributed by atoms with Gasteiger partial charge in [-0.2, -0.15) is 0 Å². The third-order valence-corrected chi connectivity index (χ3v) is 0.497. The number of hydrogen-bond acceptors (Lipinski definition) is 0. The predicted octanol–water partition coefficient (Wildman–Crippen LogP) is 0.744. The number of halogens is 1. The molecule has 0 rings (SSSR count). The molecule has 0 aromatic rings. The van der Waals surface area contributed by atoms with Crippen LogP contribution in [0.3, 0.4) is 0 Å². The Bertz CT molecular complexity index is 23.6. The summed E-state index contributed by atoms with van der Waals surface area (Å²) in [6, 6.07) is 0. The average molecular weight is 89.8 g/mol. The highest BCUT2D eigenvalue weighted by atomic mass is 31.0. The maximum absolute atomic E-state index is 11.3. The van der Waals surface area contributed by atoms with Crippen LogP contribution in [-0.2, 0) is 0 Å². The third-order valence-electron chi connectivity index (χ3n) is 0.225. The fraction of sp³-hybridized carbons (Fsp3) is 1.00. The van der Waals surface area contributed by atoms with Gasteiger partial charge in [-0.05, 0) is 0 Å². The molecule has 0 aromatic carbocycles. The lowest BCUT2D eigenvalue weighted by Crippen LogP contribution is -1.80. The first-order chi connectivity index (χ1) is 2.27. The number of hydrogen-bond donors (Lipinski definition) is 0. The van der Waals surface area contributed by atoms with E-state index in [9.17, 15) is 4.39 Å². The van der Waals surface area contributed by atoms with E-state index in [4.69, 9.17) is 7.85 Å². The minimum absolute atomic E-state index is 0.102. The van der Waals surface area contributed by atoms with E-state index in [1.165, 1.54) is 0 Å². The fourth-order valence-corrected chi connectivity index (χ4v) is 0. The fourth-order valence-electron chi connectivity index (χ4n) is 0. The van der Waals surface area contributed by atoms with Gasteiger partial charge < -0.3 is 0 Å². The molecule has 0 saturated heterocycles. The van der Waals surface area contributed by atoms with E-state index in [1.807, 2.05) is 9.24 Å². The minimum atomic E-state index is -0.921. The second-order valence-electron chi connectivity index (χ2n) is 0.752. The van der Waals surface area contributed by atoms with Crippen LogP contribution in [0.5, 0.6) is 0 Å². The Balaban J connectivity index is 2.54. The molecule has 0 nitrogen and oxygen atoms in total. The zero-order valence-corrected chi connectivity index (χ0v) is 3.97. The molecule has 2 atom stereocenters. The van der Waals surface area contributed by atoms with Crippen LogP contribution in [0.4, 0.5) is 4.39 Å². The highest BCUT2D eigenvalue weighted by molar-refractivity contribution is 7.17. The Labute approximate surface area is 34.8 Å². The van der Waals surface area contributed by atoms with Gasteiger partial charge in [-0.3, -0.25) is 0 Å². The molecule has 0 fully saturated rings. The maximum Gasteiger partial charge on any atom is 0.106 e. The van der Waals surface area contributed by atoms with Gasteiger partial charge in [-0.25, -0.2) is 4.39 Å². The van der Waals surface area contributed by atoms with E-state index in [0.29, 0.717) is 0 Å². The van der Waals surface area contributed by atoms with Gasteiger partial charge in [0.2, 0.25) is 0 Å². The van der Waals surface area contributed by atoms with Crippen molar-refractivity contribution in [2.75, 3.05) is 0 Å². The summed E-state index contributed by atoms with van der Waals surface area (Å²) in [5.74, 6) is -0.921. The second-order valence-corrected chi connectivity index (χ2v) is 1.48. The summed E-state index contributed by atoms with van der Waals surface area (Å²) in [5, 5.41) is 0.